The SMILES string of the molecule is C[C@@H]1CN(Cc2ccc(OC(F)F)cc2)CCN1. The smallest absolute Gasteiger partial charge is 0.387 e. The first-order valence-electron chi connectivity index (χ1n) is 6.13. The Bertz CT molecular complexity index is 370. The largest absolute Gasteiger partial charge is 0.435 e. The summed E-state index contributed by atoms with van der Waals surface area (Å²) in [7, 11) is 0. The standard InChI is InChI=1S/C13H18F2N2O/c1-10-8-17(7-6-16-10)9-11-2-4-12(5-3-11)18-13(14)15/h2-5,10,13,16H,6-9H2,1H3/t10-/m1/s1. The molecule has 1 aromatic carbocycles. The predicted molar refractivity (Wildman–Crippen MR) is 65.8 cm³/mol. The zero-order chi connectivity index (χ0) is 13.0. The number of piperazine rings is 1. The summed E-state index contributed by atoms with van der Waals surface area (Å²) in [5.41, 5.74) is 1.12. The minimum atomic E-state index is -2.76. The van der Waals surface area contributed by atoms with E-state index < -0.39 is 6.61 Å². The minimum Gasteiger partial charge on any atom is -0.435 e. The molecule has 1 aliphatic heterocycles. The maximum Gasteiger partial charge on any atom is 0.387 e. The molecule has 0 amide bonds. The maximum atomic E-state index is 12.0. The van der Waals surface area contributed by atoms with Gasteiger partial charge in [0.1, 0.15) is 5.75 Å². The van der Waals surface area contributed by atoms with Crippen molar-refractivity contribution in [2.24, 2.45) is 0 Å². The number of nitrogens with one attached hydrogen (secondary N) is 1. The first-order chi connectivity index (χ1) is 8.63. The quantitative estimate of drug-likeness (QED) is 0.892. The van der Waals surface area contributed by atoms with Crippen molar-refractivity contribution >= 4 is 0 Å². The van der Waals surface area contributed by atoms with Gasteiger partial charge in [0.05, 0.1) is 0 Å². The molecular weight excluding hydrogens is 238 g/mol. The Morgan fingerprint density at radius 1 is 1.39 bits per heavy atom. The van der Waals surface area contributed by atoms with Crippen molar-refractivity contribution < 1.29 is 13.5 Å². The van der Waals surface area contributed by atoms with Gasteiger partial charge in [-0.05, 0) is 24.6 Å². The van der Waals surface area contributed by atoms with Gasteiger partial charge in [-0.2, -0.15) is 8.78 Å². The van der Waals surface area contributed by atoms with E-state index >= 15 is 0 Å². The molecule has 5 heteroatoms. The molecule has 1 atom stereocenters. The summed E-state index contributed by atoms with van der Waals surface area (Å²) in [5.74, 6) is 0.211. The van der Waals surface area contributed by atoms with Crippen LogP contribution < -0.4 is 10.1 Å². The number of alkyl halides is 2. The van der Waals surface area contributed by atoms with Gasteiger partial charge in [-0.1, -0.05) is 12.1 Å². The average Bonchev–Trinajstić information content (AvgIpc) is 2.31. The fraction of sp³-hybridized carbons (Fsp3) is 0.538. The molecule has 100 valence electrons. The molecule has 0 bridgehead atoms. The van der Waals surface area contributed by atoms with Crippen molar-refractivity contribution in [3.63, 3.8) is 0 Å². The van der Waals surface area contributed by atoms with Crippen LogP contribution in [-0.4, -0.2) is 37.2 Å². The lowest BCUT2D eigenvalue weighted by atomic mass is 10.1. The van der Waals surface area contributed by atoms with E-state index in [1.54, 1.807) is 12.1 Å². The number of benzene rings is 1. The van der Waals surface area contributed by atoms with E-state index in [-0.39, 0.29) is 5.75 Å². The molecule has 18 heavy (non-hydrogen) atoms. The number of ether oxygens (including phenoxy) is 1. The van der Waals surface area contributed by atoms with Gasteiger partial charge in [0.2, 0.25) is 0 Å². The molecule has 0 spiro atoms. The maximum absolute atomic E-state index is 12.0. The van der Waals surface area contributed by atoms with E-state index in [9.17, 15) is 8.78 Å². The minimum absolute atomic E-state index is 0.211. The Hall–Kier alpha value is -1.20. The second-order valence-corrected chi connectivity index (χ2v) is 4.61. The predicted octanol–water partition coefficient (Wildman–Crippen LogP) is 2.08. The van der Waals surface area contributed by atoms with Gasteiger partial charge in [-0.25, -0.2) is 0 Å². The van der Waals surface area contributed by atoms with E-state index in [0.29, 0.717) is 6.04 Å². The fourth-order valence-corrected chi connectivity index (χ4v) is 2.19. The van der Waals surface area contributed by atoms with Gasteiger partial charge in [-0.3, -0.25) is 4.90 Å². The number of halogens is 2. The summed E-state index contributed by atoms with van der Waals surface area (Å²) in [4.78, 5) is 2.35. The highest BCUT2D eigenvalue weighted by Gasteiger charge is 2.15. The van der Waals surface area contributed by atoms with Crippen LogP contribution in [0.4, 0.5) is 8.78 Å². The van der Waals surface area contributed by atoms with E-state index in [1.165, 1.54) is 0 Å². The van der Waals surface area contributed by atoms with Crippen molar-refractivity contribution in [3.8, 4) is 5.75 Å². The molecule has 3 nitrogen and oxygen atoms in total. The summed E-state index contributed by atoms with van der Waals surface area (Å²) in [6.45, 7) is 3.26. The normalized spacial score (nSPS) is 21.2. The molecule has 1 N–H and O–H groups in total. The van der Waals surface area contributed by atoms with Crippen molar-refractivity contribution in [1.82, 2.24) is 10.2 Å². The number of hydrogen-bond acceptors (Lipinski definition) is 3. The molecule has 1 aliphatic rings. The number of hydrogen-bond donors (Lipinski definition) is 1. The van der Waals surface area contributed by atoms with E-state index in [1.807, 2.05) is 12.1 Å². The van der Waals surface area contributed by atoms with Crippen LogP contribution in [0.5, 0.6) is 5.75 Å². The molecule has 1 saturated heterocycles. The summed E-state index contributed by atoms with van der Waals surface area (Å²) in [6.07, 6.45) is 0. The lowest BCUT2D eigenvalue weighted by Gasteiger charge is -2.31. The summed E-state index contributed by atoms with van der Waals surface area (Å²) >= 11 is 0. The van der Waals surface area contributed by atoms with E-state index in [0.717, 1.165) is 31.7 Å². The molecular formula is C13H18F2N2O. The highest BCUT2D eigenvalue weighted by molar-refractivity contribution is 5.27. The third kappa shape index (κ3) is 3.92. The van der Waals surface area contributed by atoms with E-state index in [4.69, 9.17) is 0 Å². The summed E-state index contributed by atoms with van der Waals surface area (Å²) in [6, 6.07) is 7.36. The molecule has 0 saturated carbocycles. The third-order valence-electron chi connectivity index (χ3n) is 3.01. The summed E-state index contributed by atoms with van der Waals surface area (Å²) in [5, 5.41) is 3.38. The van der Waals surface area contributed by atoms with Crippen LogP contribution >= 0.6 is 0 Å². The summed E-state index contributed by atoms with van der Waals surface area (Å²) < 4.78 is 28.3. The highest BCUT2D eigenvalue weighted by Crippen LogP contribution is 2.16. The Morgan fingerprint density at radius 3 is 2.72 bits per heavy atom. The van der Waals surface area contributed by atoms with Crippen LogP contribution in [0.2, 0.25) is 0 Å². The first kappa shape index (κ1) is 13.2. The average molecular weight is 256 g/mol. The Morgan fingerprint density at radius 2 is 2.11 bits per heavy atom. The van der Waals surface area contributed by atoms with Crippen molar-refractivity contribution in [3.05, 3.63) is 29.8 Å². The lowest BCUT2D eigenvalue weighted by Crippen LogP contribution is -2.48. The Balaban J connectivity index is 1.89. The van der Waals surface area contributed by atoms with E-state index in [2.05, 4.69) is 21.9 Å². The Labute approximate surface area is 106 Å². The van der Waals surface area contributed by atoms with Gasteiger partial charge < -0.3 is 10.1 Å². The van der Waals surface area contributed by atoms with Crippen LogP contribution in [0.1, 0.15) is 12.5 Å². The fourth-order valence-electron chi connectivity index (χ4n) is 2.19. The molecule has 0 unspecified atom stereocenters. The zero-order valence-electron chi connectivity index (χ0n) is 10.4. The molecule has 1 fully saturated rings. The lowest BCUT2D eigenvalue weighted by molar-refractivity contribution is -0.0498. The van der Waals surface area contributed by atoms with Crippen LogP contribution in [-0.2, 0) is 6.54 Å². The molecule has 0 aromatic heterocycles. The van der Waals surface area contributed by atoms with Gasteiger partial charge in [0.15, 0.2) is 0 Å². The zero-order valence-corrected chi connectivity index (χ0v) is 10.4. The van der Waals surface area contributed by atoms with Crippen LogP contribution in [0.15, 0.2) is 24.3 Å². The highest BCUT2D eigenvalue weighted by atomic mass is 19.3. The number of rotatable bonds is 4. The molecule has 0 radical (unpaired) electrons. The molecule has 2 rings (SSSR count). The van der Waals surface area contributed by atoms with Gasteiger partial charge in [-0.15, -0.1) is 0 Å². The van der Waals surface area contributed by atoms with Crippen molar-refractivity contribution in [2.45, 2.75) is 26.1 Å². The van der Waals surface area contributed by atoms with Crippen molar-refractivity contribution in [2.75, 3.05) is 19.6 Å². The van der Waals surface area contributed by atoms with Crippen LogP contribution in [0.25, 0.3) is 0 Å². The van der Waals surface area contributed by atoms with Crippen molar-refractivity contribution in [1.29, 1.82) is 0 Å². The molecule has 1 heterocycles. The molecule has 1 aromatic rings. The van der Waals surface area contributed by atoms with Gasteiger partial charge >= 0.3 is 6.61 Å². The topological polar surface area (TPSA) is 24.5 Å². The van der Waals surface area contributed by atoms with Crippen LogP contribution in [0, 0.1) is 0 Å². The first-order valence-corrected chi connectivity index (χ1v) is 6.13. The second-order valence-electron chi connectivity index (χ2n) is 4.61. The van der Waals surface area contributed by atoms with Gasteiger partial charge in [0.25, 0.3) is 0 Å². The van der Waals surface area contributed by atoms with Gasteiger partial charge in [0, 0.05) is 32.2 Å². The Kier molecular flexibility index (Phi) is 4.49. The number of nitrogens with zero attached hydrogens (tertiary/aromatic N) is 1. The monoisotopic (exact) mass is 256 g/mol. The molecule has 0 aliphatic carbocycles. The third-order valence-corrected chi connectivity index (χ3v) is 3.01. The van der Waals surface area contributed by atoms with Crippen LogP contribution in [0.3, 0.4) is 0 Å². The second kappa shape index (κ2) is 6.11.